The van der Waals surface area contributed by atoms with Crippen molar-refractivity contribution < 1.29 is 9.90 Å². The molecule has 0 aromatic heterocycles. The molecule has 0 radical (unpaired) electrons. The summed E-state index contributed by atoms with van der Waals surface area (Å²) < 4.78 is 0. The second kappa shape index (κ2) is 7.95. The van der Waals surface area contributed by atoms with Crippen LogP contribution in [0.25, 0.3) is 0 Å². The average molecular weight is 411 g/mol. The lowest BCUT2D eigenvalue weighted by molar-refractivity contribution is 0.0785. The van der Waals surface area contributed by atoms with Gasteiger partial charge in [0.1, 0.15) is 5.75 Å². The van der Waals surface area contributed by atoms with Gasteiger partial charge in [-0.1, -0.05) is 66.7 Å². The smallest absolute Gasteiger partial charge is 0.256 e. The second-order valence-corrected chi connectivity index (χ2v) is 8.48. The number of fused-ring (bicyclic) bond motifs is 3. The van der Waals surface area contributed by atoms with Crippen LogP contribution in [0.15, 0.2) is 84.9 Å². The zero-order chi connectivity index (χ0) is 21.4. The standard InChI is InChI=1S/C27H26N2O2/c1-29(17-18-7-3-2-4-8-18)27(31)24-12-6-11-23-21-9-5-10-22(21)25(28-26(23)24)19-13-15-20(30)16-14-19/h2-9,11-16,21-22,25,28,30H,10,17H2,1H3. The quantitative estimate of drug-likeness (QED) is 0.559. The Hall–Kier alpha value is -3.53. The highest BCUT2D eigenvalue weighted by Gasteiger charge is 2.39. The number of amides is 1. The number of hydrogen-bond donors (Lipinski definition) is 2. The van der Waals surface area contributed by atoms with Crippen molar-refractivity contribution >= 4 is 11.6 Å². The SMILES string of the molecule is CN(Cc1ccccc1)C(=O)c1cccc2c1NC(c1ccc(O)cc1)C1CC=CC21. The molecule has 5 rings (SSSR count). The highest BCUT2D eigenvalue weighted by atomic mass is 16.3. The van der Waals surface area contributed by atoms with E-state index in [4.69, 9.17) is 0 Å². The summed E-state index contributed by atoms with van der Waals surface area (Å²) in [6.45, 7) is 0.566. The number of phenolic OH excluding ortho intramolecular Hbond substituents is 1. The van der Waals surface area contributed by atoms with Gasteiger partial charge >= 0.3 is 0 Å². The molecule has 0 bridgehead atoms. The number of benzene rings is 3. The van der Waals surface area contributed by atoms with E-state index in [1.807, 2.05) is 61.6 Å². The van der Waals surface area contributed by atoms with E-state index in [0.29, 0.717) is 18.0 Å². The first-order valence-corrected chi connectivity index (χ1v) is 10.8. The lowest BCUT2D eigenvalue weighted by Crippen LogP contribution is -2.32. The zero-order valence-corrected chi connectivity index (χ0v) is 17.5. The summed E-state index contributed by atoms with van der Waals surface area (Å²) in [5, 5.41) is 13.4. The van der Waals surface area contributed by atoms with Gasteiger partial charge in [0.05, 0.1) is 17.3 Å². The van der Waals surface area contributed by atoms with Gasteiger partial charge in [-0.25, -0.2) is 0 Å². The number of carbonyl (C=O) groups excluding carboxylic acids is 1. The summed E-state index contributed by atoms with van der Waals surface area (Å²) >= 11 is 0. The third-order valence-corrected chi connectivity index (χ3v) is 6.49. The van der Waals surface area contributed by atoms with Crippen molar-refractivity contribution in [2.75, 3.05) is 12.4 Å². The molecule has 2 N–H and O–H groups in total. The topological polar surface area (TPSA) is 52.6 Å². The number of anilines is 1. The van der Waals surface area contributed by atoms with Crippen LogP contribution in [0.4, 0.5) is 5.69 Å². The highest BCUT2D eigenvalue weighted by molar-refractivity contribution is 6.00. The fourth-order valence-electron chi connectivity index (χ4n) is 4.95. The summed E-state index contributed by atoms with van der Waals surface area (Å²) in [5.74, 6) is 0.948. The van der Waals surface area contributed by atoms with Crippen molar-refractivity contribution in [1.82, 2.24) is 4.90 Å². The number of phenols is 1. The fraction of sp³-hybridized carbons (Fsp3) is 0.222. The number of para-hydroxylation sites is 1. The molecule has 2 aliphatic rings. The number of rotatable bonds is 4. The van der Waals surface area contributed by atoms with Crippen molar-refractivity contribution in [2.24, 2.45) is 5.92 Å². The van der Waals surface area contributed by atoms with Gasteiger partial charge in [-0.05, 0) is 47.2 Å². The third-order valence-electron chi connectivity index (χ3n) is 6.49. The first-order chi connectivity index (χ1) is 15.1. The maximum Gasteiger partial charge on any atom is 0.256 e. The van der Waals surface area contributed by atoms with Crippen molar-refractivity contribution in [3.63, 3.8) is 0 Å². The van der Waals surface area contributed by atoms with E-state index in [1.165, 1.54) is 5.56 Å². The number of allylic oxidation sites excluding steroid dienone is 2. The van der Waals surface area contributed by atoms with Crippen LogP contribution in [0.1, 0.15) is 45.4 Å². The molecule has 31 heavy (non-hydrogen) atoms. The molecule has 4 heteroatoms. The first kappa shape index (κ1) is 19.4. The van der Waals surface area contributed by atoms with E-state index in [9.17, 15) is 9.90 Å². The Kier molecular flexibility index (Phi) is 4.99. The maximum absolute atomic E-state index is 13.4. The lowest BCUT2D eigenvalue weighted by atomic mass is 9.76. The number of carbonyl (C=O) groups is 1. The van der Waals surface area contributed by atoms with Crippen molar-refractivity contribution in [2.45, 2.75) is 24.9 Å². The van der Waals surface area contributed by atoms with Gasteiger partial charge in [0.2, 0.25) is 0 Å². The summed E-state index contributed by atoms with van der Waals surface area (Å²) in [7, 11) is 1.85. The molecule has 1 heterocycles. The Morgan fingerprint density at radius 1 is 1.03 bits per heavy atom. The van der Waals surface area contributed by atoms with Crippen LogP contribution < -0.4 is 5.32 Å². The number of aromatic hydroxyl groups is 1. The molecule has 0 saturated carbocycles. The summed E-state index contributed by atoms with van der Waals surface area (Å²) in [4.78, 5) is 15.2. The molecule has 3 aromatic carbocycles. The molecule has 1 aliphatic carbocycles. The molecule has 3 atom stereocenters. The molecule has 0 saturated heterocycles. The predicted molar refractivity (Wildman–Crippen MR) is 123 cm³/mol. The lowest BCUT2D eigenvalue weighted by Gasteiger charge is -2.38. The van der Waals surface area contributed by atoms with Crippen LogP contribution >= 0.6 is 0 Å². The van der Waals surface area contributed by atoms with E-state index in [0.717, 1.165) is 23.2 Å². The number of nitrogens with one attached hydrogen (secondary N) is 1. The Bertz CT molecular complexity index is 1120. The van der Waals surface area contributed by atoms with Gasteiger partial charge in [-0.15, -0.1) is 0 Å². The van der Waals surface area contributed by atoms with Gasteiger partial charge in [0.15, 0.2) is 0 Å². The minimum atomic E-state index is 0.0121. The van der Waals surface area contributed by atoms with Crippen LogP contribution in [0.3, 0.4) is 0 Å². The van der Waals surface area contributed by atoms with E-state index < -0.39 is 0 Å². The zero-order valence-electron chi connectivity index (χ0n) is 17.5. The molecule has 1 aliphatic heterocycles. The summed E-state index contributed by atoms with van der Waals surface area (Å²) in [5.41, 5.74) is 5.06. The molecule has 3 unspecified atom stereocenters. The third kappa shape index (κ3) is 3.59. The Morgan fingerprint density at radius 2 is 1.81 bits per heavy atom. The van der Waals surface area contributed by atoms with Crippen molar-refractivity contribution in [3.05, 3.63) is 107 Å². The Morgan fingerprint density at radius 3 is 2.58 bits per heavy atom. The van der Waals surface area contributed by atoms with Crippen LogP contribution in [-0.2, 0) is 6.54 Å². The molecule has 0 spiro atoms. The minimum Gasteiger partial charge on any atom is -0.508 e. The average Bonchev–Trinajstić information content (AvgIpc) is 3.29. The normalized spacial score (nSPS) is 21.1. The first-order valence-electron chi connectivity index (χ1n) is 10.8. The Labute approximate surface area is 182 Å². The highest BCUT2D eigenvalue weighted by Crippen LogP contribution is 2.50. The van der Waals surface area contributed by atoms with Crippen molar-refractivity contribution in [1.29, 1.82) is 0 Å². The van der Waals surface area contributed by atoms with Crippen molar-refractivity contribution in [3.8, 4) is 5.75 Å². The van der Waals surface area contributed by atoms with Crippen LogP contribution in [0, 0.1) is 5.92 Å². The largest absolute Gasteiger partial charge is 0.508 e. The summed E-state index contributed by atoms with van der Waals surface area (Å²) in [6.07, 6.45) is 5.52. The molecule has 1 amide bonds. The molecule has 3 aromatic rings. The van der Waals surface area contributed by atoms with Gasteiger partial charge in [0, 0.05) is 19.5 Å². The van der Waals surface area contributed by atoms with E-state index in [2.05, 4.69) is 23.5 Å². The maximum atomic E-state index is 13.4. The monoisotopic (exact) mass is 410 g/mol. The second-order valence-electron chi connectivity index (χ2n) is 8.48. The molecular formula is C27H26N2O2. The van der Waals surface area contributed by atoms with E-state index >= 15 is 0 Å². The van der Waals surface area contributed by atoms with Crippen LogP contribution in [0.5, 0.6) is 5.75 Å². The number of nitrogens with zero attached hydrogens (tertiary/aromatic N) is 1. The van der Waals surface area contributed by atoms with Gasteiger partial charge in [-0.3, -0.25) is 4.79 Å². The Balaban J connectivity index is 1.50. The minimum absolute atomic E-state index is 0.0121. The molecule has 4 nitrogen and oxygen atoms in total. The molecule has 0 fully saturated rings. The van der Waals surface area contributed by atoms with Gasteiger partial charge in [0.25, 0.3) is 5.91 Å². The van der Waals surface area contributed by atoms with Gasteiger partial charge in [-0.2, -0.15) is 0 Å². The van der Waals surface area contributed by atoms with Crippen LogP contribution in [0.2, 0.25) is 0 Å². The number of hydrogen-bond acceptors (Lipinski definition) is 3. The van der Waals surface area contributed by atoms with E-state index in [1.54, 1.807) is 17.0 Å². The predicted octanol–water partition coefficient (Wildman–Crippen LogP) is 5.49. The molecular weight excluding hydrogens is 384 g/mol. The summed E-state index contributed by atoms with van der Waals surface area (Å²) in [6, 6.07) is 23.6. The van der Waals surface area contributed by atoms with E-state index in [-0.39, 0.29) is 23.6 Å². The van der Waals surface area contributed by atoms with Crippen LogP contribution in [-0.4, -0.2) is 23.0 Å². The fourth-order valence-corrected chi connectivity index (χ4v) is 4.95. The molecule has 156 valence electrons. The van der Waals surface area contributed by atoms with Gasteiger partial charge < -0.3 is 15.3 Å².